The molecule has 5 nitrogen and oxygen atoms in total. The van der Waals surface area contributed by atoms with E-state index in [4.69, 9.17) is 0 Å². The smallest absolute Gasteiger partial charge is 0.287 e. The lowest BCUT2D eigenvalue weighted by atomic mass is 9.88. The molecule has 0 bridgehead atoms. The minimum atomic E-state index is -0.597. The first kappa shape index (κ1) is 22.5. The third-order valence-corrected chi connectivity index (χ3v) is 3.85. The fraction of sp³-hybridized carbons (Fsp3) is 0.789. The maximum atomic E-state index is 11.8. The second-order valence-corrected chi connectivity index (χ2v) is 8.34. The van der Waals surface area contributed by atoms with Crippen molar-refractivity contribution in [3.63, 3.8) is 0 Å². The maximum absolute atomic E-state index is 11.8. The molecule has 0 unspecified atom stereocenters. The summed E-state index contributed by atoms with van der Waals surface area (Å²) in [5, 5.41) is 2.56. The van der Waals surface area contributed by atoms with E-state index in [0.29, 0.717) is 38.6 Å². The number of rotatable bonds is 10. The van der Waals surface area contributed by atoms with Crippen molar-refractivity contribution >= 4 is 23.3 Å². The van der Waals surface area contributed by atoms with Crippen molar-refractivity contribution in [2.45, 2.75) is 80.1 Å². The molecule has 0 spiro atoms. The molecule has 5 heteroatoms. The first-order chi connectivity index (χ1) is 10.9. The van der Waals surface area contributed by atoms with Crippen LogP contribution >= 0.6 is 0 Å². The standard InChI is InChI=1S/C19H33NO4/c1-18(2,3)15(22)11-8-7-10-14(21)17(24)20-13-9-12-16(23)19(4,5)6/h7-13H2,1-6H3,(H,20,24). The highest BCUT2D eigenvalue weighted by molar-refractivity contribution is 6.36. The Morgan fingerprint density at radius 3 is 1.54 bits per heavy atom. The van der Waals surface area contributed by atoms with Gasteiger partial charge in [0.15, 0.2) is 0 Å². The number of carbonyl (C=O) groups is 4. The van der Waals surface area contributed by atoms with Crippen LogP contribution in [-0.2, 0) is 19.2 Å². The first-order valence-corrected chi connectivity index (χ1v) is 8.73. The van der Waals surface area contributed by atoms with Crippen LogP contribution in [0.5, 0.6) is 0 Å². The van der Waals surface area contributed by atoms with Crippen LogP contribution in [0.2, 0.25) is 0 Å². The van der Waals surface area contributed by atoms with Gasteiger partial charge in [0.25, 0.3) is 5.91 Å². The normalized spacial score (nSPS) is 11.9. The predicted octanol–water partition coefficient (Wildman–Crippen LogP) is 3.24. The summed E-state index contributed by atoms with van der Waals surface area (Å²) in [4.78, 5) is 46.9. The van der Waals surface area contributed by atoms with Crippen LogP contribution in [0, 0.1) is 10.8 Å². The average molecular weight is 339 g/mol. The molecule has 0 atom stereocenters. The molecular formula is C19H33NO4. The van der Waals surface area contributed by atoms with Gasteiger partial charge in [-0.25, -0.2) is 0 Å². The molecule has 0 fully saturated rings. The SMILES string of the molecule is CC(C)(C)C(=O)CCCCC(=O)C(=O)NCCCC(=O)C(C)(C)C. The average Bonchev–Trinajstić information content (AvgIpc) is 2.44. The van der Waals surface area contributed by atoms with Crippen molar-refractivity contribution in [3.05, 3.63) is 0 Å². The summed E-state index contributed by atoms with van der Waals surface area (Å²) < 4.78 is 0. The third kappa shape index (κ3) is 9.58. The summed E-state index contributed by atoms with van der Waals surface area (Å²) in [7, 11) is 0. The molecule has 0 saturated carbocycles. The number of amides is 1. The molecule has 0 rings (SSSR count). The summed E-state index contributed by atoms with van der Waals surface area (Å²) in [5.41, 5.74) is -0.726. The molecule has 0 aromatic carbocycles. The van der Waals surface area contributed by atoms with E-state index >= 15 is 0 Å². The molecule has 138 valence electrons. The van der Waals surface area contributed by atoms with Crippen molar-refractivity contribution in [2.75, 3.05) is 6.54 Å². The molecule has 0 aromatic rings. The van der Waals surface area contributed by atoms with Gasteiger partial charge in [0, 0.05) is 36.6 Å². The molecule has 24 heavy (non-hydrogen) atoms. The second-order valence-electron chi connectivity index (χ2n) is 8.34. The molecule has 0 heterocycles. The van der Waals surface area contributed by atoms with Gasteiger partial charge in [0.05, 0.1) is 0 Å². The van der Waals surface area contributed by atoms with Gasteiger partial charge in [-0.2, -0.15) is 0 Å². The Hall–Kier alpha value is -1.52. The quantitative estimate of drug-likeness (QED) is 0.489. The van der Waals surface area contributed by atoms with E-state index in [-0.39, 0.29) is 28.8 Å². The zero-order valence-corrected chi connectivity index (χ0v) is 16.1. The monoisotopic (exact) mass is 339 g/mol. The first-order valence-electron chi connectivity index (χ1n) is 8.73. The van der Waals surface area contributed by atoms with E-state index in [1.807, 2.05) is 41.5 Å². The zero-order valence-electron chi connectivity index (χ0n) is 16.1. The molecule has 0 aliphatic rings. The van der Waals surface area contributed by atoms with Crippen molar-refractivity contribution in [2.24, 2.45) is 10.8 Å². The lowest BCUT2D eigenvalue weighted by Gasteiger charge is -2.16. The highest BCUT2D eigenvalue weighted by Crippen LogP contribution is 2.19. The number of hydrogen-bond donors (Lipinski definition) is 1. The lowest BCUT2D eigenvalue weighted by molar-refractivity contribution is -0.138. The van der Waals surface area contributed by atoms with Crippen LogP contribution < -0.4 is 5.32 Å². The van der Waals surface area contributed by atoms with Crippen molar-refractivity contribution in [1.29, 1.82) is 0 Å². The summed E-state index contributed by atoms with van der Waals surface area (Å²) in [6.07, 6.45) is 2.69. The van der Waals surface area contributed by atoms with Gasteiger partial charge >= 0.3 is 0 Å². The predicted molar refractivity (Wildman–Crippen MR) is 94.6 cm³/mol. The van der Waals surface area contributed by atoms with E-state index in [0.717, 1.165) is 0 Å². The Morgan fingerprint density at radius 1 is 0.667 bits per heavy atom. The van der Waals surface area contributed by atoms with Crippen LogP contribution in [0.4, 0.5) is 0 Å². The van der Waals surface area contributed by atoms with E-state index < -0.39 is 11.7 Å². The van der Waals surface area contributed by atoms with Crippen LogP contribution in [0.15, 0.2) is 0 Å². The van der Waals surface area contributed by atoms with Crippen molar-refractivity contribution in [1.82, 2.24) is 5.32 Å². The Labute approximate surface area is 146 Å². The fourth-order valence-corrected chi connectivity index (χ4v) is 1.98. The van der Waals surface area contributed by atoms with Gasteiger partial charge in [0.2, 0.25) is 5.78 Å². The Morgan fingerprint density at radius 2 is 1.08 bits per heavy atom. The van der Waals surface area contributed by atoms with E-state index in [1.165, 1.54) is 0 Å². The van der Waals surface area contributed by atoms with Gasteiger partial charge in [0.1, 0.15) is 11.6 Å². The molecule has 0 aliphatic carbocycles. The largest absolute Gasteiger partial charge is 0.349 e. The van der Waals surface area contributed by atoms with Gasteiger partial charge in [-0.3, -0.25) is 19.2 Å². The number of unbranched alkanes of at least 4 members (excludes halogenated alkanes) is 1. The minimum Gasteiger partial charge on any atom is -0.349 e. The molecule has 0 saturated heterocycles. The molecule has 0 aliphatic heterocycles. The number of nitrogens with one attached hydrogen (secondary N) is 1. The molecule has 1 N–H and O–H groups in total. The van der Waals surface area contributed by atoms with Crippen molar-refractivity contribution in [3.8, 4) is 0 Å². The lowest BCUT2D eigenvalue weighted by Crippen LogP contribution is -2.32. The Kier molecular flexibility index (Phi) is 9.08. The van der Waals surface area contributed by atoms with E-state index in [1.54, 1.807) is 0 Å². The third-order valence-electron chi connectivity index (χ3n) is 3.85. The molecule has 1 amide bonds. The van der Waals surface area contributed by atoms with Gasteiger partial charge in [-0.15, -0.1) is 0 Å². The van der Waals surface area contributed by atoms with Gasteiger partial charge in [-0.05, 0) is 19.3 Å². The fourth-order valence-electron chi connectivity index (χ4n) is 1.98. The minimum absolute atomic E-state index is 0.145. The number of ketones is 3. The molecule has 0 radical (unpaired) electrons. The van der Waals surface area contributed by atoms with Crippen LogP contribution in [0.3, 0.4) is 0 Å². The topological polar surface area (TPSA) is 80.3 Å². The van der Waals surface area contributed by atoms with Crippen LogP contribution in [-0.4, -0.2) is 29.8 Å². The van der Waals surface area contributed by atoms with Crippen molar-refractivity contribution < 1.29 is 19.2 Å². The summed E-state index contributed by atoms with van der Waals surface area (Å²) in [5.74, 6) is -0.741. The summed E-state index contributed by atoms with van der Waals surface area (Å²) in [6.45, 7) is 11.5. The number of Topliss-reactive ketones (excluding diaryl/α,β-unsaturated/α-hetero) is 3. The summed E-state index contributed by atoms with van der Waals surface area (Å²) >= 11 is 0. The zero-order chi connectivity index (χ0) is 19.0. The Bertz CT molecular complexity index is 423. The number of hydrogen-bond acceptors (Lipinski definition) is 4. The van der Waals surface area contributed by atoms with E-state index in [9.17, 15) is 19.2 Å². The summed E-state index contributed by atoms with van der Waals surface area (Å²) in [6, 6.07) is 0. The van der Waals surface area contributed by atoms with E-state index in [2.05, 4.69) is 5.32 Å². The van der Waals surface area contributed by atoms with Crippen LogP contribution in [0.1, 0.15) is 80.1 Å². The molecule has 0 aromatic heterocycles. The van der Waals surface area contributed by atoms with Crippen LogP contribution in [0.25, 0.3) is 0 Å². The second kappa shape index (κ2) is 9.70. The Balaban J connectivity index is 3.88. The van der Waals surface area contributed by atoms with Gasteiger partial charge in [-0.1, -0.05) is 41.5 Å². The highest BCUT2D eigenvalue weighted by Gasteiger charge is 2.21. The highest BCUT2D eigenvalue weighted by atomic mass is 16.2. The maximum Gasteiger partial charge on any atom is 0.287 e. The molecular weight excluding hydrogens is 306 g/mol. The number of carbonyl (C=O) groups excluding carboxylic acids is 4. The van der Waals surface area contributed by atoms with Gasteiger partial charge < -0.3 is 5.32 Å².